The summed E-state index contributed by atoms with van der Waals surface area (Å²) < 4.78 is 2.10. The van der Waals surface area contributed by atoms with Crippen LogP contribution in [0.15, 0.2) is 58.1 Å². The number of anilines is 3. The maximum absolute atomic E-state index is 13.0. The van der Waals surface area contributed by atoms with E-state index in [2.05, 4.69) is 10.6 Å². The number of hydrogen-bond donors (Lipinski definition) is 3. The third kappa shape index (κ3) is 5.37. The molecule has 178 valence electrons. The van der Waals surface area contributed by atoms with Gasteiger partial charge in [0.25, 0.3) is 11.5 Å². The second-order valence-corrected chi connectivity index (χ2v) is 8.63. The van der Waals surface area contributed by atoms with E-state index >= 15 is 0 Å². The van der Waals surface area contributed by atoms with Crippen molar-refractivity contribution in [2.45, 2.75) is 20.4 Å². The van der Waals surface area contributed by atoms with E-state index in [1.54, 1.807) is 48.5 Å². The predicted molar refractivity (Wildman–Crippen MR) is 134 cm³/mol. The number of nitrogens with zero attached hydrogens (tertiary/aromatic N) is 2. The lowest BCUT2D eigenvalue weighted by molar-refractivity contribution is 0.0998. The molecule has 0 spiro atoms. The van der Waals surface area contributed by atoms with E-state index in [0.717, 1.165) is 4.57 Å². The molecule has 0 radical (unpaired) electrons. The molecule has 3 rings (SSSR count). The van der Waals surface area contributed by atoms with Gasteiger partial charge in [0.05, 0.1) is 12.1 Å². The Labute approximate surface area is 201 Å². The fraction of sp³-hybridized carbons (Fsp3) is 0.250. The lowest BCUT2D eigenvalue weighted by atomic mass is 10.1. The van der Waals surface area contributed by atoms with Gasteiger partial charge in [0, 0.05) is 30.0 Å². The second-order valence-electron chi connectivity index (χ2n) is 8.19. The first-order valence-electron chi connectivity index (χ1n) is 10.6. The van der Waals surface area contributed by atoms with Crippen LogP contribution < -0.4 is 27.6 Å². The molecule has 0 bridgehead atoms. The molecule has 0 fully saturated rings. The zero-order valence-electron chi connectivity index (χ0n) is 19.1. The number of Topliss-reactive ketones (excluding diaryl/α,β-unsaturated/α-hetero) is 1. The summed E-state index contributed by atoms with van der Waals surface area (Å²) >= 11 is 5.88. The Kier molecular flexibility index (Phi) is 7.57. The Balaban J connectivity index is 1.84. The Morgan fingerprint density at radius 3 is 2.35 bits per heavy atom. The molecule has 9 nitrogen and oxygen atoms in total. The van der Waals surface area contributed by atoms with E-state index in [-0.39, 0.29) is 30.4 Å². The van der Waals surface area contributed by atoms with Crippen LogP contribution in [0.5, 0.6) is 0 Å². The Bertz CT molecular complexity index is 1340. The lowest BCUT2D eigenvalue weighted by Crippen LogP contribution is -2.43. The van der Waals surface area contributed by atoms with Gasteiger partial charge in [0.2, 0.25) is 0 Å². The third-order valence-electron chi connectivity index (χ3n) is 5.12. The summed E-state index contributed by atoms with van der Waals surface area (Å²) in [6.45, 7) is 3.75. The second kappa shape index (κ2) is 10.4. The highest BCUT2D eigenvalue weighted by Gasteiger charge is 2.22. The summed E-state index contributed by atoms with van der Waals surface area (Å²) in [5.41, 5.74) is 5.73. The number of rotatable bonds is 8. The number of carbonyl (C=O) groups excluding carboxylic acids is 2. The number of nitrogens with one attached hydrogen (secondary N) is 2. The van der Waals surface area contributed by atoms with Crippen LogP contribution in [0.1, 0.15) is 34.6 Å². The first-order valence-corrected chi connectivity index (χ1v) is 11.0. The van der Waals surface area contributed by atoms with Crippen LogP contribution in [-0.4, -0.2) is 27.4 Å². The highest BCUT2D eigenvalue weighted by Crippen LogP contribution is 2.19. The zero-order valence-corrected chi connectivity index (χ0v) is 19.8. The molecule has 0 aliphatic carbocycles. The number of amides is 1. The van der Waals surface area contributed by atoms with Crippen molar-refractivity contribution in [1.29, 1.82) is 0 Å². The molecule has 3 aromatic rings. The summed E-state index contributed by atoms with van der Waals surface area (Å²) in [7, 11) is 1.31. The minimum atomic E-state index is -0.761. The molecule has 0 atom stereocenters. The third-order valence-corrected chi connectivity index (χ3v) is 5.37. The van der Waals surface area contributed by atoms with Gasteiger partial charge in [0.1, 0.15) is 11.4 Å². The van der Waals surface area contributed by atoms with Gasteiger partial charge in [-0.2, -0.15) is 0 Å². The van der Waals surface area contributed by atoms with Crippen molar-refractivity contribution in [3.63, 3.8) is 0 Å². The van der Waals surface area contributed by atoms with E-state index in [9.17, 15) is 19.2 Å². The summed E-state index contributed by atoms with van der Waals surface area (Å²) in [5.74, 6) is -1.07. The van der Waals surface area contributed by atoms with E-state index in [0.29, 0.717) is 22.0 Å². The van der Waals surface area contributed by atoms with Gasteiger partial charge < -0.3 is 16.4 Å². The number of aromatic nitrogens is 2. The average molecular weight is 484 g/mol. The summed E-state index contributed by atoms with van der Waals surface area (Å²) in [6, 6.07) is 13.3. The van der Waals surface area contributed by atoms with Gasteiger partial charge in [0.15, 0.2) is 5.78 Å². The largest absolute Gasteiger partial charge is 0.384 e. The number of benzene rings is 2. The smallest absolute Gasteiger partial charge is 0.332 e. The van der Waals surface area contributed by atoms with Gasteiger partial charge in [-0.05, 0) is 42.3 Å². The van der Waals surface area contributed by atoms with Crippen molar-refractivity contribution in [2.75, 3.05) is 22.9 Å². The molecular weight excluding hydrogens is 458 g/mol. The predicted octanol–water partition coefficient (Wildman–Crippen LogP) is 2.99. The Morgan fingerprint density at radius 1 is 1.06 bits per heavy atom. The summed E-state index contributed by atoms with van der Waals surface area (Å²) in [6.07, 6.45) is 0. The number of nitrogens with two attached hydrogens (primary N) is 1. The van der Waals surface area contributed by atoms with Crippen LogP contribution in [0.2, 0.25) is 5.02 Å². The first-order chi connectivity index (χ1) is 16.1. The minimum Gasteiger partial charge on any atom is -0.384 e. The van der Waals surface area contributed by atoms with Crippen molar-refractivity contribution in [1.82, 2.24) is 9.13 Å². The standard InChI is InChI=1S/C24H26ClN5O4/c1-14(2)13-30-21(26)20(23(33)29(3)24(30)34)19(31)12-27-18-7-5-4-6-17(18)22(32)28-16-10-8-15(25)9-11-16/h4-11,14,27H,12-13,26H2,1-3H3,(H,28,32). The van der Waals surface area contributed by atoms with Crippen LogP contribution in [0.25, 0.3) is 0 Å². The Morgan fingerprint density at radius 2 is 1.71 bits per heavy atom. The van der Waals surface area contributed by atoms with Gasteiger partial charge in [-0.3, -0.25) is 23.5 Å². The van der Waals surface area contributed by atoms with Crippen molar-refractivity contribution in [2.24, 2.45) is 13.0 Å². The maximum Gasteiger partial charge on any atom is 0.332 e. The van der Waals surface area contributed by atoms with Crippen LogP contribution in [-0.2, 0) is 13.6 Å². The molecule has 2 aromatic carbocycles. The number of halogens is 1. The highest BCUT2D eigenvalue weighted by molar-refractivity contribution is 6.30. The molecule has 1 heterocycles. The molecule has 0 aliphatic rings. The first kappa shape index (κ1) is 24.8. The lowest BCUT2D eigenvalue weighted by Gasteiger charge is -2.17. The molecule has 0 saturated heterocycles. The molecule has 0 unspecified atom stereocenters. The quantitative estimate of drug-likeness (QED) is 0.422. The Hall–Kier alpha value is -3.85. The van der Waals surface area contributed by atoms with Crippen molar-refractivity contribution < 1.29 is 9.59 Å². The summed E-state index contributed by atoms with van der Waals surface area (Å²) in [4.78, 5) is 50.9. The molecule has 34 heavy (non-hydrogen) atoms. The molecule has 10 heteroatoms. The fourth-order valence-electron chi connectivity index (χ4n) is 3.42. The van der Waals surface area contributed by atoms with Gasteiger partial charge in [-0.1, -0.05) is 37.6 Å². The molecule has 1 amide bonds. The average Bonchev–Trinajstić information content (AvgIpc) is 2.80. The van der Waals surface area contributed by atoms with Gasteiger partial charge in [-0.15, -0.1) is 0 Å². The van der Waals surface area contributed by atoms with E-state index in [1.165, 1.54) is 11.6 Å². The number of carbonyl (C=O) groups is 2. The maximum atomic E-state index is 13.0. The number of nitrogen functional groups attached to an aromatic ring is 1. The van der Waals surface area contributed by atoms with Crippen LogP contribution >= 0.6 is 11.6 Å². The molecule has 0 aliphatic heterocycles. The molecule has 1 aromatic heterocycles. The van der Waals surface area contributed by atoms with E-state index in [4.69, 9.17) is 17.3 Å². The SMILES string of the molecule is CC(C)Cn1c(N)c(C(=O)CNc2ccccc2C(=O)Nc2ccc(Cl)cc2)c(=O)n(C)c1=O. The monoisotopic (exact) mass is 483 g/mol. The van der Waals surface area contributed by atoms with Crippen molar-refractivity contribution in [3.05, 3.63) is 85.5 Å². The van der Waals surface area contributed by atoms with Crippen molar-refractivity contribution >= 4 is 40.5 Å². The fourth-order valence-corrected chi connectivity index (χ4v) is 3.54. The molecule has 4 N–H and O–H groups in total. The van der Waals surface area contributed by atoms with Crippen LogP contribution in [0, 0.1) is 5.92 Å². The molecular formula is C24H26ClN5O4. The van der Waals surface area contributed by atoms with E-state index < -0.39 is 22.9 Å². The van der Waals surface area contributed by atoms with Crippen LogP contribution in [0.4, 0.5) is 17.2 Å². The van der Waals surface area contributed by atoms with Gasteiger partial charge >= 0.3 is 5.69 Å². The topological polar surface area (TPSA) is 128 Å². The number of hydrogen-bond acceptors (Lipinski definition) is 6. The van der Waals surface area contributed by atoms with E-state index in [1.807, 2.05) is 13.8 Å². The number of ketones is 1. The minimum absolute atomic E-state index is 0.0737. The molecule has 0 saturated carbocycles. The summed E-state index contributed by atoms with van der Waals surface area (Å²) in [5, 5.41) is 6.23. The normalized spacial score (nSPS) is 10.9. The van der Waals surface area contributed by atoms with Gasteiger partial charge in [-0.25, -0.2) is 4.79 Å². The number of para-hydroxylation sites is 1. The highest BCUT2D eigenvalue weighted by atomic mass is 35.5. The zero-order chi connectivity index (χ0) is 25.0. The van der Waals surface area contributed by atoms with Crippen molar-refractivity contribution in [3.8, 4) is 0 Å². The van der Waals surface area contributed by atoms with Crippen LogP contribution in [0.3, 0.4) is 0 Å².